The molecule has 1 atom stereocenters. The molecule has 2 aromatic heterocycles. The number of aromatic nitrogens is 1. The zero-order chi connectivity index (χ0) is 15.6. The maximum absolute atomic E-state index is 5.65. The molecule has 1 aliphatic heterocycles. The highest BCUT2D eigenvalue weighted by molar-refractivity contribution is 6.03. The van der Waals surface area contributed by atoms with Crippen LogP contribution < -0.4 is 5.01 Å². The Morgan fingerprint density at radius 2 is 1.83 bits per heavy atom. The molecule has 4 rings (SSSR count). The molecule has 0 saturated carbocycles. The first kappa shape index (κ1) is 13.8. The summed E-state index contributed by atoms with van der Waals surface area (Å²) in [5.41, 5.74) is 4.46. The van der Waals surface area contributed by atoms with Crippen molar-refractivity contribution in [1.82, 2.24) is 4.98 Å². The molecule has 3 aromatic rings. The van der Waals surface area contributed by atoms with Crippen molar-refractivity contribution in [2.75, 3.05) is 5.01 Å². The summed E-state index contributed by atoms with van der Waals surface area (Å²) in [5.74, 6) is 0.929. The second kappa shape index (κ2) is 5.72. The minimum Gasteiger partial charge on any atom is -0.467 e. The van der Waals surface area contributed by atoms with Crippen LogP contribution in [-0.2, 0) is 0 Å². The summed E-state index contributed by atoms with van der Waals surface area (Å²) in [6.45, 7) is 2.09. The number of furan rings is 1. The average molecular weight is 303 g/mol. The van der Waals surface area contributed by atoms with Gasteiger partial charge in [0.25, 0.3) is 0 Å². The minimum atomic E-state index is 0.0795. The van der Waals surface area contributed by atoms with Gasteiger partial charge in [0.05, 0.1) is 17.7 Å². The Morgan fingerprint density at radius 1 is 1.04 bits per heavy atom. The molecule has 0 N–H and O–H groups in total. The predicted molar refractivity (Wildman–Crippen MR) is 90.5 cm³/mol. The summed E-state index contributed by atoms with van der Waals surface area (Å²) in [7, 11) is 0. The lowest BCUT2D eigenvalue weighted by atomic mass is 10.0. The largest absolute Gasteiger partial charge is 0.467 e. The highest BCUT2D eigenvalue weighted by Crippen LogP contribution is 2.36. The van der Waals surface area contributed by atoms with Gasteiger partial charge in [-0.15, -0.1) is 0 Å². The van der Waals surface area contributed by atoms with Gasteiger partial charge in [-0.3, -0.25) is 9.99 Å². The first-order chi connectivity index (χ1) is 11.3. The molecule has 23 heavy (non-hydrogen) atoms. The lowest BCUT2D eigenvalue weighted by Crippen LogP contribution is -2.17. The molecule has 3 heterocycles. The summed E-state index contributed by atoms with van der Waals surface area (Å²) in [6.07, 6.45) is 6.13. The van der Waals surface area contributed by atoms with Crippen LogP contribution in [0.5, 0.6) is 0 Å². The van der Waals surface area contributed by atoms with Gasteiger partial charge in [0.15, 0.2) is 0 Å². The van der Waals surface area contributed by atoms with Crippen molar-refractivity contribution >= 4 is 11.4 Å². The number of rotatable bonds is 3. The van der Waals surface area contributed by atoms with E-state index in [0.717, 1.165) is 29.1 Å². The van der Waals surface area contributed by atoms with E-state index in [0.29, 0.717) is 0 Å². The second-order valence-electron chi connectivity index (χ2n) is 5.70. The zero-order valence-electron chi connectivity index (χ0n) is 12.9. The van der Waals surface area contributed by atoms with Crippen LogP contribution in [0, 0.1) is 6.92 Å². The van der Waals surface area contributed by atoms with E-state index in [-0.39, 0.29) is 6.04 Å². The number of aryl methyl sites for hydroxylation is 1. The van der Waals surface area contributed by atoms with E-state index in [9.17, 15) is 0 Å². The quantitative estimate of drug-likeness (QED) is 0.723. The Morgan fingerprint density at radius 3 is 2.52 bits per heavy atom. The monoisotopic (exact) mass is 303 g/mol. The third-order valence-electron chi connectivity index (χ3n) is 4.09. The van der Waals surface area contributed by atoms with Gasteiger partial charge in [0.2, 0.25) is 0 Å². The topological polar surface area (TPSA) is 41.6 Å². The maximum Gasteiger partial charge on any atom is 0.128 e. The van der Waals surface area contributed by atoms with Crippen LogP contribution in [-0.4, -0.2) is 10.7 Å². The van der Waals surface area contributed by atoms with Crippen molar-refractivity contribution in [1.29, 1.82) is 0 Å². The van der Waals surface area contributed by atoms with Crippen LogP contribution >= 0.6 is 0 Å². The molecule has 0 aliphatic carbocycles. The van der Waals surface area contributed by atoms with Crippen molar-refractivity contribution < 1.29 is 4.42 Å². The number of benzene rings is 1. The molecule has 0 amide bonds. The zero-order valence-corrected chi connectivity index (χ0v) is 12.9. The van der Waals surface area contributed by atoms with E-state index >= 15 is 0 Å². The molecule has 0 radical (unpaired) electrons. The molecule has 0 unspecified atom stereocenters. The van der Waals surface area contributed by atoms with Gasteiger partial charge in [-0.05, 0) is 43.3 Å². The molecule has 0 fully saturated rings. The van der Waals surface area contributed by atoms with Gasteiger partial charge in [-0.25, -0.2) is 0 Å². The Bertz CT molecular complexity index is 808. The van der Waals surface area contributed by atoms with Gasteiger partial charge in [-0.1, -0.05) is 17.7 Å². The van der Waals surface area contributed by atoms with Crippen LogP contribution in [0.1, 0.15) is 29.3 Å². The first-order valence-electron chi connectivity index (χ1n) is 7.68. The third kappa shape index (κ3) is 2.63. The van der Waals surface area contributed by atoms with E-state index in [4.69, 9.17) is 9.52 Å². The highest BCUT2D eigenvalue weighted by atomic mass is 16.3. The standard InChI is InChI=1S/C19H17N3O/c1-14-4-6-16(7-5-14)22-18(19-3-2-12-23-19)13-17(21-22)15-8-10-20-11-9-15/h2-12,18H,13H2,1H3/t18-/m1/s1. The van der Waals surface area contributed by atoms with Crippen LogP contribution in [0.3, 0.4) is 0 Å². The highest BCUT2D eigenvalue weighted by Gasteiger charge is 2.31. The van der Waals surface area contributed by atoms with Crippen LogP contribution in [0.25, 0.3) is 0 Å². The Hall–Kier alpha value is -2.88. The molecular weight excluding hydrogens is 286 g/mol. The summed E-state index contributed by atoms with van der Waals surface area (Å²) < 4.78 is 5.65. The van der Waals surface area contributed by atoms with Gasteiger partial charge in [0.1, 0.15) is 11.8 Å². The van der Waals surface area contributed by atoms with E-state index < -0.39 is 0 Å². The predicted octanol–water partition coefficient (Wildman–Crippen LogP) is 4.34. The first-order valence-corrected chi connectivity index (χ1v) is 7.68. The number of hydrogen-bond donors (Lipinski definition) is 0. The van der Waals surface area contributed by atoms with Crippen LogP contribution in [0.4, 0.5) is 5.69 Å². The summed E-state index contributed by atoms with van der Waals surface area (Å²) >= 11 is 0. The van der Waals surface area contributed by atoms with Crippen molar-refractivity contribution in [2.24, 2.45) is 5.10 Å². The molecular formula is C19H17N3O. The summed E-state index contributed by atoms with van der Waals surface area (Å²) in [6, 6.07) is 16.4. The average Bonchev–Trinajstić information content (AvgIpc) is 3.26. The van der Waals surface area contributed by atoms with Crippen molar-refractivity contribution in [2.45, 2.75) is 19.4 Å². The lowest BCUT2D eigenvalue weighted by Gasteiger charge is -2.21. The van der Waals surface area contributed by atoms with Crippen molar-refractivity contribution in [3.63, 3.8) is 0 Å². The molecule has 0 spiro atoms. The van der Waals surface area contributed by atoms with Crippen LogP contribution in [0.2, 0.25) is 0 Å². The van der Waals surface area contributed by atoms with E-state index in [1.165, 1.54) is 5.56 Å². The Labute approximate surface area is 135 Å². The van der Waals surface area contributed by atoms with Crippen molar-refractivity contribution in [3.8, 4) is 0 Å². The SMILES string of the molecule is Cc1ccc(N2N=C(c3ccncc3)C[C@@H]2c2ccco2)cc1. The smallest absolute Gasteiger partial charge is 0.128 e. The van der Waals surface area contributed by atoms with Gasteiger partial charge in [-0.2, -0.15) is 5.10 Å². The van der Waals surface area contributed by atoms with E-state index in [1.54, 1.807) is 18.7 Å². The molecule has 114 valence electrons. The number of anilines is 1. The minimum absolute atomic E-state index is 0.0795. The number of pyridine rings is 1. The van der Waals surface area contributed by atoms with Gasteiger partial charge < -0.3 is 4.42 Å². The van der Waals surface area contributed by atoms with E-state index in [1.807, 2.05) is 29.3 Å². The molecule has 4 nitrogen and oxygen atoms in total. The van der Waals surface area contributed by atoms with Crippen LogP contribution in [0.15, 0.2) is 76.7 Å². The third-order valence-corrected chi connectivity index (χ3v) is 4.09. The molecule has 4 heteroatoms. The summed E-state index contributed by atoms with van der Waals surface area (Å²) in [4.78, 5) is 4.09. The van der Waals surface area contributed by atoms with E-state index in [2.05, 4.69) is 36.2 Å². The Kier molecular flexibility index (Phi) is 3.42. The fourth-order valence-electron chi connectivity index (χ4n) is 2.87. The fraction of sp³-hybridized carbons (Fsp3) is 0.158. The Balaban J connectivity index is 1.74. The molecule has 1 aliphatic rings. The van der Waals surface area contributed by atoms with Crippen molar-refractivity contribution in [3.05, 3.63) is 84.1 Å². The maximum atomic E-state index is 5.65. The second-order valence-corrected chi connectivity index (χ2v) is 5.70. The molecule has 0 bridgehead atoms. The number of hydrogen-bond acceptors (Lipinski definition) is 4. The van der Waals surface area contributed by atoms with Gasteiger partial charge >= 0.3 is 0 Å². The number of nitrogens with zero attached hydrogens (tertiary/aromatic N) is 3. The number of hydrazone groups is 1. The molecule has 0 saturated heterocycles. The lowest BCUT2D eigenvalue weighted by molar-refractivity contribution is 0.465. The summed E-state index contributed by atoms with van der Waals surface area (Å²) in [5, 5.41) is 6.91. The fourth-order valence-corrected chi connectivity index (χ4v) is 2.87. The van der Waals surface area contributed by atoms with Gasteiger partial charge in [0, 0.05) is 24.4 Å². The molecule has 1 aromatic carbocycles. The normalized spacial score (nSPS) is 17.3.